The molecule has 142 valence electrons. The molecule has 0 aliphatic carbocycles. The van der Waals surface area contributed by atoms with Crippen LogP contribution in [0, 0.1) is 0 Å². The van der Waals surface area contributed by atoms with Crippen LogP contribution in [0.1, 0.15) is 12.8 Å². The molecule has 26 heavy (non-hydrogen) atoms. The summed E-state index contributed by atoms with van der Waals surface area (Å²) in [5, 5.41) is 4.38. The first kappa shape index (κ1) is 20.2. The van der Waals surface area contributed by atoms with Gasteiger partial charge in [-0.25, -0.2) is 4.68 Å². The molecule has 0 aromatic carbocycles. The summed E-state index contributed by atoms with van der Waals surface area (Å²) in [5.41, 5.74) is 2.29. The summed E-state index contributed by atoms with van der Waals surface area (Å²) in [6.45, 7) is 4.02. The Balaban J connectivity index is 1.96. The average Bonchev–Trinajstić information content (AvgIpc) is 3.04. The lowest BCUT2D eigenvalue weighted by atomic mass is 10.3. The van der Waals surface area contributed by atoms with Crippen LogP contribution >= 0.6 is 11.8 Å². The van der Waals surface area contributed by atoms with Gasteiger partial charge in [0.15, 0.2) is 0 Å². The van der Waals surface area contributed by atoms with E-state index in [9.17, 15) is 13.2 Å². The number of alkyl halides is 3. The van der Waals surface area contributed by atoms with Crippen LogP contribution in [0.15, 0.2) is 43.0 Å². The first-order chi connectivity index (χ1) is 12.3. The lowest BCUT2D eigenvalue weighted by Gasteiger charge is -2.20. The number of hydrogen-bond acceptors (Lipinski definition) is 5. The number of rotatable bonds is 9. The maximum atomic E-state index is 12.2. The lowest BCUT2D eigenvalue weighted by Crippen LogP contribution is -2.16. The average molecular weight is 386 g/mol. The second kappa shape index (κ2) is 8.98. The van der Waals surface area contributed by atoms with Gasteiger partial charge in [0.1, 0.15) is 5.69 Å². The van der Waals surface area contributed by atoms with E-state index in [1.54, 1.807) is 23.3 Å². The zero-order valence-corrected chi connectivity index (χ0v) is 15.5. The van der Waals surface area contributed by atoms with Crippen molar-refractivity contribution in [1.29, 1.82) is 0 Å². The van der Waals surface area contributed by atoms with Gasteiger partial charge in [-0.3, -0.25) is 4.98 Å². The quantitative estimate of drug-likeness (QED) is 0.601. The van der Waals surface area contributed by atoms with Crippen molar-refractivity contribution >= 4 is 17.4 Å². The molecule has 2 aromatic heterocycles. The molecule has 0 fully saturated rings. The molecule has 9 heteroatoms. The zero-order chi connectivity index (χ0) is 19.2. The van der Waals surface area contributed by atoms with Gasteiger partial charge in [-0.05, 0) is 24.3 Å². The Bertz CT molecular complexity index is 719. The molecular formula is C17H21F3N4OS. The largest absolute Gasteiger partial charge is 0.478 e. The SMILES string of the molecule is C=C(CCSCCC(F)(F)F)N(C)c1cn(-c2cccnc2)nc1OC. The second-order valence-corrected chi connectivity index (χ2v) is 6.76. The van der Waals surface area contributed by atoms with Gasteiger partial charge >= 0.3 is 6.18 Å². The zero-order valence-electron chi connectivity index (χ0n) is 14.7. The normalized spacial score (nSPS) is 11.4. The fourth-order valence-electron chi connectivity index (χ4n) is 2.16. The standard InChI is InChI=1S/C17H21F3N4OS/c1-13(6-9-26-10-7-17(18,19)20)23(2)15-12-24(22-16(15)25-3)14-5-4-8-21-11-14/h4-5,8,11-12H,1,6-7,9-10H2,2-3H3. The Morgan fingerprint density at radius 1 is 1.38 bits per heavy atom. The molecule has 2 rings (SSSR count). The summed E-state index contributed by atoms with van der Waals surface area (Å²) in [7, 11) is 3.36. The fraction of sp³-hybridized carbons (Fsp3) is 0.412. The summed E-state index contributed by atoms with van der Waals surface area (Å²) in [6, 6.07) is 3.68. The van der Waals surface area contributed by atoms with E-state index in [1.165, 1.54) is 18.9 Å². The molecule has 0 radical (unpaired) electrons. The summed E-state index contributed by atoms with van der Waals surface area (Å²) in [6.07, 6.45) is 0.858. The minimum Gasteiger partial charge on any atom is -0.478 e. The highest BCUT2D eigenvalue weighted by atomic mass is 32.2. The molecule has 0 spiro atoms. The van der Waals surface area contributed by atoms with Gasteiger partial charge in [-0.1, -0.05) is 6.58 Å². The third-order valence-corrected chi connectivity index (χ3v) is 4.65. The van der Waals surface area contributed by atoms with Crippen molar-refractivity contribution < 1.29 is 17.9 Å². The number of ether oxygens (including phenoxy) is 1. The monoisotopic (exact) mass is 386 g/mol. The number of thioether (sulfide) groups is 1. The van der Waals surface area contributed by atoms with E-state index < -0.39 is 12.6 Å². The third kappa shape index (κ3) is 5.69. The van der Waals surface area contributed by atoms with Crippen LogP contribution in [-0.2, 0) is 0 Å². The van der Waals surface area contributed by atoms with Gasteiger partial charge in [-0.15, -0.1) is 5.10 Å². The van der Waals surface area contributed by atoms with Crippen molar-refractivity contribution in [3.63, 3.8) is 0 Å². The summed E-state index contributed by atoms with van der Waals surface area (Å²) in [4.78, 5) is 5.90. The van der Waals surface area contributed by atoms with Crippen molar-refractivity contribution in [2.45, 2.75) is 19.0 Å². The van der Waals surface area contributed by atoms with Crippen LogP contribution in [-0.4, -0.2) is 46.6 Å². The van der Waals surface area contributed by atoms with Crippen molar-refractivity contribution in [3.8, 4) is 11.6 Å². The predicted octanol–water partition coefficient (Wildman–Crippen LogP) is 4.30. The molecule has 0 amide bonds. The van der Waals surface area contributed by atoms with Crippen LogP contribution < -0.4 is 9.64 Å². The van der Waals surface area contributed by atoms with E-state index in [-0.39, 0.29) is 5.75 Å². The molecule has 2 aromatic rings. The molecule has 2 heterocycles. The Morgan fingerprint density at radius 3 is 2.77 bits per heavy atom. The number of nitrogens with zero attached hydrogens (tertiary/aromatic N) is 4. The summed E-state index contributed by atoms with van der Waals surface area (Å²) < 4.78 is 43.4. The van der Waals surface area contributed by atoms with Gasteiger partial charge in [-0.2, -0.15) is 24.9 Å². The van der Waals surface area contributed by atoms with Crippen LogP contribution in [0.4, 0.5) is 18.9 Å². The molecular weight excluding hydrogens is 365 g/mol. The third-order valence-electron chi connectivity index (χ3n) is 3.67. The van der Waals surface area contributed by atoms with Crippen LogP contribution in [0.2, 0.25) is 0 Å². The topological polar surface area (TPSA) is 43.2 Å². The highest BCUT2D eigenvalue weighted by molar-refractivity contribution is 7.99. The Kier molecular flexibility index (Phi) is 6.96. The van der Waals surface area contributed by atoms with E-state index in [0.717, 1.165) is 17.1 Å². The van der Waals surface area contributed by atoms with E-state index in [0.29, 0.717) is 18.1 Å². The number of aromatic nitrogens is 3. The van der Waals surface area contributed by atoms with Crippen molar-refractivity contribution in [2.75, 3.05) is 30.6 Å². The maximum absolute atomic E-state index is 12.2. The fourth-order valence-corrected chi connectivity index (χ4v) is 3.12. The Hall–Kier alpha value is -2.16. The van der Waals surface area contributed by atoms with Crippen LogP contribution in [0.3, 0.4) is 0 Å². The van der Waals surface area contributed by atoms with Gasteiger partial charge in [0.25, 0.3) is 5.88 Å². The number of methoxy groups -OCH3 is 1. The minimum atomic E-state index is -4.10. The molecule has 0 aliphatic heterocycles. The van der Waals surface area contributed by atoms with E-state index in [4.69, 9.17) is 4.74 Å². The number of allylic oxidation sites excluding steroid dienone is 1. The molecule has 5 nitrogen and oxygen atoms in total. The first-order valence-corrected chi connectivity index (χ1v) is 9.07. The van der Waals surface area contributed by atoms with E-state index in [2.05, 4.69) is 16.7 Å². The van der Waals surface area contributed by atoms with Crippen molar-refractivity contribution in [3.05, 3.63) is 43.0 Å². The van der Waals surface area contributed by atoms with Gasteiger partial charge in [0.2, 0.25) is 0 Å². The van der Waals surface area contributed by atoms with Gasteiger partial charge in [0, 0.05) is 24.7 Å². The summed E-state index contributed by atoms with van der Waals surface area (Å²) in [5.74, 6) is 1.06. The number of anilines is 1. The Morgan fingerprint density at radius 2 is 2.15 bits per heavy atom. The minimum absolute atomic E-state index is 0.0583. The molecule has 0 atom stereocenters. The molecule has 0 saturated heterocycles. The highest BCUT2D eigenvalue weighted by Crippen LogP contribution is 2.30. The number of halogens is 3. The van der Waals surface area contributed by atoms with Gasteiger partial charge in [0.05, 0.1) is 31.6 Å². The van der Waals surface area contributed by atoms with Gasteiger partial charge < -0.3 is 9.64 Å². The molecule has 0 unspecified atom stereocenters. The van der Waals surface area contributed by atoms with Crippen molar-refractivity contribution in [1.82, 2.24) is 14.8 Å². The molecule has 0 N–H and O–H groups in total. The predicted molar refractivity (Wildman–Crippen MR) is 98.1 cm³/mol. The number of hydrogen-bond donors (Lipinski definition) is 0. The van der Waals surface area contributed by atoms with Crippen LogP contribution in [0.25, 0.3) is 5.69 Å². The van der Waals surface area contributed by atoms with Crippen molar-refractivity contribution in [2.24, 2.45) is 0 Å². The highest BCUT2D eigenvalue weighted by Gasteiger charge is 2.26. The second-order valence-electron chi connectivity index (χ2n) is 5.53. The number of pyridine rings is 1. The van der Waals surface area contributed by atoms with E-state index in [1.807, 2.05) is 24.1 Å². The first-order valence-electron chi connectivity index (χ1n) is 7.92. The van der Waals surface area contributed by atoms with Crippen LogP contribution in [0.5, 0.6) is 5.88 Å². The van der Waals surface area contributed by atoms with E-state index >= 15 is 0 Å². The smallest absolute Gasteiger partial charge is 0.389 e. The Labute approximate surface area is 154 Å². The molecule has 0 aliphatic rings. The molecule has 0 bridgehead atoms. The maximum Gasteiger partial charge on any atom is 0.389 e. The summed E-state index contributed by atoms with van der Waals surface area (Å²) >= 11 is 1.27. The molecule has 0 saturated carbocycles. The lowest BCUT2D eigenvalue weighted by molar-refractivity contribution is -0.129.